The van der Waals surface area contributed by atoms with Gasteiger partial charge in [-0.15, -0.1) is 0 Å². The first-order valence-electron chi connectivity index (χ1n) is 5.60. The Morgan fingerprint density at radius 2 is 1.94 bits per heavy atom. The van der Waals surface area contributed by atoms with Gasteiger partial charge in [0.05, 0.1) is 17.9 Å². The maximum absolute atomic E-state index is 11.7. The van der Waals surface area contributed by atoms with Crippen molar-refractivity contribution in [2.75, 3.05) is 6.54 Å². The lowest BCUT2D eigenvalue weighted by Gasteiger charge is -2.16. The molecule has 0 bridgehead atoms. The largest absolute Gasteiger partial charge is 0.481 e. The highest BCUT2D eigenvalue weighted by Gasteiger charge is 2.40. The maximum Gasteiger partial charge on any atom is 0.307 e. The summed E-state index contributed by atoms with van der Waals surface area (Å²) in [6, 6.07) is 0. The number of carbonyl (C=O) groups excluding carboxylic acids is 1. The number of carbonyl (C=O) groups is 2. The Morgan fingerprint density at radius 3 is 2.44 bits per heavy atom. The number of hydrogen-bond donors (Lipinski definition) is 3. The van der Waals surface area contributed by atoms with Gasteiger partial charge in [0.2, 0.25) is 5.91 Å². The highest BCUT2D eigenvalue weighted by atomic mass is 16.4. The van der Waals surface area contributed by atoms with Gasteiger partial charge >= 0.3 is 5.97 Å². The fourth-order valence-corrected chi connectivity index (χ4v) is 2.23. The van der Waals surface area contributed by atoms with Crippen molar-refractivity contribution in [3.8, 4) is 0 Å². The van der Waals surface area contributed by atoms with Gasteiger partial charge in [0.25, 0.3) is 0 Å². The number of hydrogen-bond acceptors (Lipinski definition) is 3. The standard InChI is InChI=1S/C11H19NO4/c1-6-3-8(9(4-6)11(15)16)10(14)12-5-7(2)13/h6-9,13H,3-5H2,1-2H3,(H,12,14)(H,15,16)/t6?,7-,8+,9-/m1/s1. The van der Waals surface area contributed by atoms with E-state index in [1.807, 2.05) is 6.92 Å². The number of amides is 1. The summed E-state index contributed by atoms with van der Waals surface area (Å²) in [5.74, 6) is -1.92. The van der Waals surface area contributed by atoms with Crippen molar-refractivity contribution in [3.05, 3.63) is 0 Å². The van der Waals surface area contributed by atoms with Crippen LogP contribution in [0.5, 0.6) is 0 Å². The molecule has 5 nitrogen and oxygen atoms in total. The lowest BCUT2D eigenvalue weighted by molar-refractivity contribution is -0.146. The Kier molecular flexibility index (Phi) is 4.29. The van der Waals surface area contributed by atoms with E-state index in [0.29, 0.717) is 12.8 Å². The van der Waals surface area contributed by atoms with Gasteiger partial charge in [-0.25, -0.2) is 0 Å². The van der Waals surface area contributed by atoms with Crippen LogP contribution >= 0.6 is 0 Å². The Morgan fingerprint density at radius 1 is 1.38 bits per heavy atom. The summed E-state index contributed by atoms with van der Waals surface area (Å²) in [7, 11) is 0. The summed E-state index contributed by atoms with van der Waals surface area (Å²) >= 11 is 0. The van der Waals surface area contributed by atoms with E-state index < -0.39 is 23.9 Å². The predicted molar refractivity (Wildman–Crippen MR) is 57.7 cm³/mol. The number of carboxylic acids is 1. The normalized spacial score (nSPS) is 31.1. The zero-order valence-corrected chi connectivity index (χ0v) is 9.64. The van der Waals surface area contributed by atoms with Crippen LogP contribution in [0, 0.1) is 17.8 Å². The van der Waals surface area contributed by atoms with Crippen molar-refractivity contribution in [2.24, 2.45) is 17.8 Å². The van der Waals surface area contributed by atoms with Gasteiger partial charge in [-0.3, -0.25) is 9.59 Å². The van der Waals surface area contributed by atoms with Crippen LogP contribution in [0.4, 0.5) is 0 Å². The molecule has 92 valence electrons. The van der Waals surface area contributed by atoms with E-state index in [4.69, 9.17) is 10.2 Å². The van der Waals surface area contributed by atoms with Crippen LogP contribution in [0.3, 0.4) is 0 Å². The molecule has 1 fully saturated rings. The zero-order chi connectivity index (χ0) is 12.3. The third kappa shape index (κ3) is 3.20. The molecular weight excluding hydrogens is 210 g/mol. The molecule has 1 rings (SSSR count). The molecule has 1 amide bonds. The van der Waals surface area contributed by atoms with Crippen molar-refractivity contribution < 1.29 is 19.8 Å². The Balaban J connectivity index is 2.56. The summed E-state index contributed by atoms with van der Waals surface area (Å²) < 4.78 is 0. The molecule has 1 unspecified atom stereocenters. The first kappa shape index (κ1) is 13.0. The Labute approximate surface area is 94.8 Å². The molecule has 0 aliphatic heterocycles. The second-order valence-electron chi connectivity index (χ2n) is 4.72. The number of aliphatic hydroxyl groups is 1. The van der Waals surface area contributed by atoms with Gasteiger partial charge in [-0.2, -0.15) is 0 Å². The van der Waals surface area contributed by atoms with E-state index in [2.05, 4.69) is 5.32 Å². The van der Waals surface area contributed by atoms with Crippen molar-refractivity contribution in [1.29, 1.82) is 0 Å². The third-order valence-electron chi connectivity index (χ3n) is 3.02. The lowest BCUT2D eigenvalue weighted by Crippen LogP contribution is -2.38. The average molecular weight is 229 g/mol. The van der Waals surface area contributed by atoms with E-state index in [1.165, 1.54) is 0 Å². The van der Waals surface area contributed by atoms with E-state index in [0.717, 1.165) is 0 Å². The summed E-state index contributed by atoms with van der Waals surface area (Å²) in [4.78, 5) is 22.7. The second kappa shape index (κ2) is 5.30. The summed E-state index contributed by atoms with van der Waals surface area (Å²) in [5.41, 5.74) is 0. The second-order valence-corrected chi connectivity index (χ2v) is 4.72. The molecule has 1 saturated carbocycles. The predicted octanol–water partition coefficient (Wildman–Crippen LogP) is 0.230. The number of carboxylic acid groups (broad SMARTS) is 1. The van der Waals surface area contributed by atoms with E-state index in [9.17, 15) is 9.59 Å². The molecule has 0 aromatic carbocycles. The highest BCUT2D eigenvalue weighted by Crippen LogP contribution is 2.36. The minimum Gasteiger partial charge on any atom is -0.481 e. The minimum absolute atomic E-state index is 0.177. The Bertz CT molecular complexity index is 277. The molecule has 4 atom stereocenters. The number of aliphatic carboxylic acids is 1. The lowest BCUT2D eigenvalue weighted by atomic mass is 9.95. The fraction of sp³-hybridized carbons (Fsp3) is 0.818. The van der Waals surface area contributed by atoms with Crippen LogP contribution in [0.1, 0.15) is 26.7 Å². The topological polar surface area (TPSA) is 86.6 Å². The number of rotatable bonds is 4. The van der Waals surface area contributed by atoms with E-state index >= 15 is 0 Å². The molecule has 1 aliphatic carbocycles. The molecule has 5 heteroatoms. The van der Waals surface area contributed by atoms with Crippen LogP contribution in [0.2, 0.25) is 0 Å². The summed E-state index contributed by atoms with van der Waals surface area (Å²) in [5, 5.41) is 20.6. The molecule has 1 aliphatic rings. The molecule has 0 radical (unpaired) electrons. The van der Waals surface area contributed by atoms with E-state index in [1.54, 1.807) is 6.92 Å². The summed E-state index contributed by atoms with van der Waals surface area (Å²) in [6.45, 7) is 3.71. The fourth-order valence-electron chi connectivity index (χ4n) is 2.23. The first-order valence-corrected chi connectivity index (χ1v) is 5.60. The molecular formula is C11H19NO4. The van der Waals surface area contributed by atoms with Crippen molar-refractivity contribution in [1.82, 2.24) is 5.32 Å². The smallest absolute Gasteiger partial charge is 0.307 e. The van der Waals surface area contributed by atoms with Gasteiger partial charge < -0.3 is 15.5 Å². The van der Waals surface area contributed by atoms with E-state index in [-0.39, 0.29) is 18.4 Å². The van der Waals surface area contributed by atoms with Crippen LogP contribution in [-0.2, 0) is 9.59 Å². The molecule has 0 spiro atoms. The highest BCUT2D eigenvalue weighted by molar-refractivity contribution is 5.85. The average Bonchev–Trinajstić information content (AvgIpc) is 2.56. The zero-order valence-electron chi connectivity index (χ0n) is 9.64. The number of nitrogens with one attached hydrogen (secondary N) is 1. The van der Waals surface area contributed by atoms with Gasteiger partial charge in [0.1, 0.15) is 0 Å². The van der Waals surface area contributed by atoms with Crippen LogP contribution in [0.15, 0.2) is 0 Å². The SMILES string of the molecule is CC1C[C@H](C(=O)NC[C@@H](C)O)[C@H](C(=O)O)C1. The molecule has 0 saturated heterocycles. The molecule has 0 heterocycles. The first-order chi connectivity index (χ1) is 7.41. The number of aliphatic hydroxyl groups excluding tert-OH is 1. The Hall–Kier alpha value is -1.10. The van der Waals surface area contributed by atoms with Crippen molar-refractivity contribution in [3.63, 3.8) is 0 Å². The van der Waals surface area contributed by atoms with Crippen molar-refractivity contribution >= 4 is 11.9 Å². The molecule has 0 aromatic heterocycles. The van der Waals surface area contributed by atoms with Crippen molar-refractivity contribution in [2.45, 2.75) is 32.8 Å². The molecule has 3 N–H and O–H groups in total. The molecule has 16 heavy (non-hydrogen) atoms. The van der Waals surface area contributed by atoms with Crippen LogP contribution < -0.4 is 5.32 Å². The van der Waals surface area contributed by atoms with Gasteiger partial charge in [0, 0.05) is 6.54 Å². The van der Waals surface area contributed by atoms with Crippen LogP contribution in [-0.4, -0.2) is 34.7 Å². The van der Waals surface area contributed by atoms with Crippen LogP contribution in [0.25, 0.3) is 0 Å². The van der Waals surface area contributed by atoms with Gasteiger partial charge in [-0.1, -0.05) is 6.92 Å². The monoisotopic (exact) mass is 229 g/mol. The van der Waals surface area contributed by atoms with Gasteiger partial charge in [0.15, 0.2) is 0 Å². The third-order valence-corrected chi connectivity index (χ3v) is 3.02. The minimum atomic E-state index is -0.901. The van der Waals surface area contributed by atoms with Gasteiger partial charge in [-0.05, 0) is 25.7 Å². The maximum atomic E-state index is 11.7. The summed E-state index contributed by atoms with van der Waals surface area (Å²) in [6.07, 6.45) is 0.566. The quantitative estimate of drug-likeness (QED) is 0.644. The molecule has 0 aromatic rings.